The quantitative estimate of drug-likeness (QED) is 0.717. The smallest absolute Gasteiger partial charge is 0.257 e. The number of anilines is 2. The Bertz CT molecular complexity index is 1020. The van der Waals surface area contributed by atoms with E-state index in [2.05, 4.69) is 9.80 Å². The van der Waals surface area contributed by atoms with E-state index < -0.39 is 0 Å². The molecule has 3 aliphatic heterocycles. The summed E-state index contributed by atoms with van der Waals surface area (Å²) in [5.74, 6) is 0.110. The molecule has 31 heavy (non-hydrogen) atoms. The van der Waals surface area contributed by atoms with Crippen molar-refractivity contribution in [3.63, 3.8) is 0 Å². The van der Waals surface area contributed by atoms with Crippen LogP contribution in [0.5, 0.6) is 0 Å². The third kappa shape index (κ3) is 3.53. The van der Waals surface area contributed by atoms with E-state index in [0.717, 1.165) is 55.3 Å². The number of carbonyl (C=O) groups is 2. The number of piperidine rings is 1. The van der Waals surface area contributed by atoms with E-state index in [-0.39, 0.29) is 18.0 Å². The van der Waals surface area contributed by atoms with Gasteiger partial charge < -0.3 is 19.6 Å². The van der Waals surface area contributed by atoms with Gasteiger partial charge >= 0.3 is 0 Å². The molecule has 0 bridgehead atoms. The summed E-state index contributed by atoms with van der Waals surface area (Å²) in [6.07, 6.45) is 3.26. The summed E-state index contributed by atoms with van der Waals surface area (Å²) in [4.78, 5) is 34.5. The predicted octanol–water partition coefficient (Wildman–Crippen LogP) is 3.70. The van der Waals surface area contributed by atoms with E-state index in [0.29, 0.717) is 24.2 Å². The van der Waals surface area contributed by atoms with Crippen molar-refractivity contribution < 1.29 is 9.59 Å². The molecule has 162 valence electrons. The van der Waals surface area contributed by atoms with Crippen LogP contribution in [0.4, 0.5) is 11.4 Å². The van der Waals surface area contributed by atoms with Crippen molar-refractivity contribution in [2.75, 3.05) is 49.6 Å². The molecule has 1 atom stereocenters. The molecule has 0 radical (unpaired) electrons. The molecule has 2 saturated heterocycles. The molecule has 0 aliphatic carbocycles. The van der Waals surface area contributed by atoms with Gasteiger partial charge in [0.1, 0.15) is 6.17 Å². The molecule has 3 heterocycles. The average molecular weight is 439 g/mol. The maximum atomic E-state index is 13.2. The minimum absolute atomic E-state index is 0.0218. The molecule has 0 saturated carbocycles. The van der Waals surface area contributed by atoms with Gasteiger partial charge in [0.2, 0.25) is 0 Å². The summed E-state index contributed by atoms with van der Waals surface area (Å²) in [5, 5.41) is 0.737. The van der Waals surface area contributed by atoms with Crippen molar-refractivity contribution in [3.8, 4) is 0 Å². The summed E-state index contributed by atoms with van der Waals surface area (Å²) in [7, 11) is 2.03. The van der Waals surface area contributed by atoms with Crippen LogP contribution < -0.4 is 9.80 Å². The number of rotatable bonds is 2. The summed E-state index contributed by atoms with van der Waals surface area (Å²) in [6.45, 7) is 3.59. The third-order valence-corrected chi connectivity index (χ3v) is 7.11. The Hall–Kier alpha value is -2.73. The fourth-order valence-electron chi connectivity index (χ4n) is 5.05. The first-order valence-electron chi connectivity index (χ1n) is 11.0. The molecular weight excluding hydrogens is 412 g/mol. The molecule has 5 rings (SSSR count). The lowest BCUT2D eigenvalue weighted by atomic mass is 9.97. The minimum atomic E-state index is 0.0218. The Kier molecular flexibility index (Phi) is 5.26. The van der Waals surface area contributed by atoms with Crippen LogP contribution in [0.2, 0.25) is 5.02 Å². The van der Waals surface area contributed by atoms with Gasteiger partial charge in [-0.1, -0.05) is 23.7 Å². The lowest BCUT2D eigenvalue weighted by molar-refractivity contribution is 0.0588. The summed E-state index contributed by atoms with van der Waals surface area (Å²) in [5.41, 5.74) is 3.23. The van der Waals surface area contributed by atoms with Crippen molar-refractivity contribution in [3.05, 3.63) is 58.6 Å². The average Bonchev–Trinajstić information content (AvgIpc) is 2.82. The first kappa shape index (κ1) is 20.2. The first-order chi connectivity index (χ1) is 15.0. The maximum Gasteiger partial charge on any atom is 0.257 e. The zero-order valence-corrected chi connectivity index (χ0v) is 18.5. The standard InChI is InChI=1S/C24H27ClN4O2/c1-26-21-16-17(9-10-18(21)24(31)29-11-5-4-8-22(26)29)23(30)28-14-12-27(13-15-28)20-7-3-2-6-19(20)25/h2-3,6-7,9-10,16,22H,4-5,8,11-15H2,1H3/t22-/m0/s1. The van der Waals surface area contributed by atoms with E-state index >= 15 is 0 Å². The van der Waals surface area contributed by atoms with Crippen LogP contribution in [-0.4, -0.2) is 67.6 Å². The van der Waals surface area contributed by atoms with Crippen LogP contribution in [0.1, 0.15) is 40.0 Å². The monoisotopic (exact) mass is 438 g/mol. The van der Waals surface area contributed by atoms with Crippen LogP contribution in [0.3, 0.4) is 0 Å². The van der Waals surface area contributed by atoms with Gasteiger partial charge in [-0.15, -0.1) is 0 Å². The highest BCUT2D eigenvalue weighted by molar-refractivity contribution is 6.33. The number of nitrogens with zero attached hydrogens (tertiary/aromatic N) is 4. The molecule has 2 amide bonds. The molecule has 7 heteroatoms. The van der Waals surface area contributed by atoms with Crippen molar-refractivity contribution in [1.29, 1.82) is 0 Å². The third-order valence-electron chi connectivity index (χ3n) is 6.79. The van der Waals surface area contributed by atoms with E-state index in [1.807, 2.05) is 53.2 Å². The Morgan fingerprint density at radius 3 is 2.52 bits per heavy atom. The van der Waals surface area contributed by atoms with Crippen molar-refractivity contribution in [2.45, 2.75) is 25.4 Å². The minimum Gasteiger partial charge on any atom is -0.367 e. The van der Waals surface area contributed by atoms with Gasteiger partial charge in [0.15, 0.2) is 0 Å². The van der Waals surface area contributed by atoms with E-state index in [9.17, 15) is 9.59 Å². The number of amides is 2. The molecule has 2 aromatic rings. The van der Waals surface area contributed by atoms with Gasteiger partial charge in [0.25, 0.3) is 11.8 Å². The summed E-state index contributed by atoms with van der Waals surface area (Å²) < 4.78 is 0. The number of fused-ring (bicyclic) bond motifs is 2. The molecular formula is C24H27ClN4O2. The lowest BCUT2D eigenvalue weighted by Gasteiger charge is -2.46. The number of para-hydroxylation sites is 1. The van der Waals surface area contributed by atoms with Gasteiger partial charge in [0.05, 0.1) is 22.0 Å². The summed E-state index contributed by atoms with van der Waals surface area (Å²) in [6, 6.07) is 13.4. The second-order valence-corrected chi connectivity index (χ2v) is 8.96. The molecule has 2 aromatic carbocycles. The van der Waals surface area contributed by atoms with Gasteiger partial charge in [0, 0.05) is 45.3 Å². The molecule has 3 aliphatic rings. The molecule has 0 N–H and O–H groups in total. The van der Waals surface area contributed by atoms with Crippen LogP contribution >= 0.6 is 11.6 Å². The van der Waals surface area contributed by atoms with Gasteiger partial charge in [-0.25, -0.2) is 0 Å². The number of carbonyl (C=O) groups excluding carboxylic acids is 2. The van der Waals surface area contributed by atoms with E-state index in [1.54, 1.807) is 6.07 Å². The van der Waals surface area contributed by atoms with Gasteiger partial charge in [-0.3, -0.25) is 9.59 Å². The number of halogens is 1. The SMILES string of the molecule is CN1c2cc(C(=O)N3CCN(c4ccccc4Cl)CC3)ccc2C(=O)N2CCCC[C@H]21. The lowest BCUT2D eigenvalue weighted by Crippen LogP contribution is -2.56. The topological polar surface area (TPSA) is 47.1 Å². The van der Waals surface area contributed by atoms with Crippen molar-refractivity contribution in [1.82, 2.24) is 9.80 Å². The highest BCUT2D eigenvalue weighted by Gasteiger charge is 2.37. The van der Waals surface area contributed by atoms with Crippen molar-refractivity contribution in [2.24, 2.45) is 0 Å². The number of hydrogen-bond donors (Lipinski definition) is 0. The maximum absolute atomic E-state index is 13.2. The second kappa shape index (κ2) is 8.08. The second-order valence-electron chi connectivity index (χ2n) is 8.55. The number of hydrogen-bond acceptors (Lipinski definition) is 4. The van der Waals surface area contributed by atoms with Crippen LogP contribution in [0, 0.1) is 0 Å². The molecule has 2 fully saturated rings. The van der Waals surface area contributed by atoms with Crippen LogP contribution in [0.15, 0.2) is 42.5 Å². The van der Waals surface area contributed by atoms with Gasteiger partial charge in [-0.05, 0) is 49.6 Å². The Morgan fingerprint density at radius 1 is 0.968 bits per heavy atom. The van der Waals surface area contributed by atoms with E-state index in [4.69, 9.17) is 11.6 Å². The van der Waals surface area contributed by atoms with Gasteiger partial charge in [-0.2, -0.15) is 0 Å². The fraction of sp³-hybridized carbons (Fsp3) is 0.417. The number of benzene rings is 2. The fourth-order valence-corrected chi connectivity index (χ4v) is 5.30. The highest BCUT2D eigenvalue weighted by atomic mass is 35.5. The summed E-state index contributed by atoms with van der Waals surface area (Å²) >= 11 is 6.34. The van der Waals surface area contributed by atoms with Crippen molar-refractivity contribution >= 4 is 34.8 Å². The zero-order valence-electron chi connectivity index (χ0n) is 17.8. The Labute approximate surface area is 188 Å². The zero-order chi connectivity index (χ0) is 21.5. The van der Waals surface area contributed by atoms with E-state index in [1.165, 1.54) is 0 Å². The first-order valence-corrected chi connectivity index (χ1v) is 11.4. The molecule has 0 unspecified atom stereocenters. The van der Waals surface area contributed by atoms with Crippen LogP contribution in [0.25, 0.3) is 0 Å². The largest absolute Gasteiger partial charge is 0.367 e. The number of piperazine rings is 1. The molecule has 0 aromatic heterocycles. The Morgan fingerprint density at radius 2 is 1.74 bits per heavy atom. The predicted molar refractivity (Wildman–Crippen MR) is 123 cm³/mol. The highest BCUT2D eigenvalue weighted by Crippen LogP contribution is 2.35. The molecule has 0 spiro atoms. The Balaban J connectivity index is 1.33. The normalized spacial score (nSPS) is 21.1. The molecule has 6 nitrogen and oxygen atoms in total. The van der Waals surface area contributed by atoms with Crippen LogP contribution in [-0.2, 0) is 0 Å².